The average molecular weight is 312 g/mol. The Labute approximate surface area is 116 Å². The van der Waals surface area contributed by atoms with Crippen molar-refractivity contribution < 1.29 is 4.79 Å². The summed E-state index contributed by atoms with van der Waals surface area (Å²) >= 11 is 3.60. The number of rotatable bonds is 2. The molecule has 0 unspecified atom stereocenters. The molecule has 1 N–H and O–H groups in total. The summed E-state index contributed by atoms with van der Waals surface area (Å²) in [5.74, 6) is 1.07. The zero-order valence-corrected chi connectivity index (χ0v) is 12.3. The summed E-state index contributed by atoms with van der Waals surface area (Å²) in [6.07, 6.45) is 3.79. The standard InChI is InChI=1S/C13H18BrN3O/c1-9-3-6-15-13(12(9)14)17-7-4-11(5-8-17)16-10(2)18/h3,6,11H,4-5,7-8H2,1-2H3,(H,16,18). The SMILES string of the molecule is CC(=O)NC1CCN(c2nccc(C)c2Br)CC1. The van der Waals surface area contributed by atoms with E-state index in [4.69, 9.17) is 0 Å². The molecule has 1 aromatic heterocycles. The Morgan fingerprint density at radius 1 is 1.50 bits per heavy atom. The predicted octanol–water partition coefficient (Wildman–Crippen LogP) is 2.26. The van der Waals surface area contributed by atoms with E-state index in [-0.39, 0.29) is 5.91 Å². The number of hydrogen-bond donors (Lipinski definition) is 1. The molecular formula is C13H18BrN3O. The van der Waals surface area contributed by atoms with Crippen molar-refractivity contribution in [1.82, 2.24) is 10.3 Å². The maximum Gasteiger partial charge on any atom is 0.217 e. The van der Waals surface area contributed by atoms with Crippen molar-refractivity contribution in [2.45, 2.75) is 32.7 Å². The molecule has 1 aromatic rings. The maximum absolute atomic E-state index is 11.0. The van der Waals surface area contributed by atoms with Crippen LogP contribution < -0.4 is 10.2 Å². The van der Waals surface area contributed by atoms with Crippen molar-refractivity contribution in [3.63, 3.8) is 0 Å². The third-order valence-electron chi connectivity index (χ3n) is 3.27. The van der Waals surface area contributed by atoms with E-state index >= 15 is 0 Å². The summed E-state index contributed by atoms with van der Waals surface area (Å²) in [6.45, 7) is 5.50. The smallest absolute Gasteiger partial charge is 0.217 e. The third kappa shape index (κ3) is 3.02. The highest BCUT2D eigenvalue weighted by molar-refractivity contribution is 9.10. The summed E-state index contributed by atoms with van der Waals surface area (Å²) < 4.78 is 1.07. The molecule has 4 nitrogen and oxygen atoms in total. The second-order valence-corrected chi connectivity index (χ2v) is 5.52. The van der Waals surface area contributed by atoms with E-state index in [1.54, 1.807) is 6.92 Å². The second-order valence-electron chi connectivity index (χ2n) is 4.73. The van der Waals surface area contributed by atoms with E-state index in [0.29, 0.717) is 6.04 Å². The van der Waals surface area contributed by atoms with Gasteiger partial charge in [0, 0.05) is 32.3 Å². The number of nitrogens with zero attached hydrogens (tertiary/aromatic N) is 2. The van der Waals surface area contributed by atoms with Crippen LogP contribution in [0.1, 0.15) is 25.3 Å². The van der Waals surface area contributed by atoms with E-state index in [0.717, 1.165) is 36.2 Å². The molecule has 0 aromatic carbocycles. The number of carbonyl (C=O) groups is 1. The van der Waals surface area contributed by atoms with Gasteiger partial charge in [-0.1, -0.05) is 0 Å². The Morgan fingerprint density at radius 3 is 2.78 bits per heavy atom. The molecule has 1 fully saturated rings. The Morgan fingerprint density at radius 2 is 2.17 bits per heavy atom. The highest BCUT2D eigenvalue weighted by Gasteiger charge is 2.22. The molecule has 0 aliphatic carbocycles. The number of carbonyl (C=O) groups excluding carboxylic acids is 1. The Bertz CT molecular complexity index is 442. The fourth-order valence-corrected chi connectivity index (χ4v) is 2.75. The Balaban J connectivity index is 2.01. The van der Waals surface area contributed by atoms with Crippen molar-refractivity contribution >= 4 is 27.7 Å². The van der Waals surface area contributed by atoms with Gasteiger partial charge >= 0.3 is 0 Å². The van der Waals surface area contributed by atoms with Crippen LogP contribution in [-0.4, -0.2) is 30.0 Å². The van der Waals surface area contributed by atoms with Gasteiger partial charge in [0.2, 0.25) is 5.91 Å². The Hall–Kier alpha value is -1.10. The molecule has 1 aliphatic heterocycles. The molecule has 0 bridgehead atoms. The molecule has 2 rings (SSSR count). The third-order valence-corrected chi connectivity index (χ3v) is 4.25. The van der Waals surface area contributed by atoms with Crippen LogP contribution in [0, 0.1) is 6.92 Å². The van der Waals surface area contributed by atoms with Gasteiger partial charge in [-0.15, -0.1) is 0 Å². The molecule has 1 amide bonds. The highest BCUT2D eigenvalue weighted by atomic mass is 79.9. The van der Waals surface area contributed by atoms with Gasteiger partial charge in [-0.25, -0.2) is 4.98 Å². The minimum absolute atomic E-state index is 0.0586. The van der Waals surface area contributed by atoms with Gasteiger partial charge in [-0.3, -0.25) is 4.79 Å². The summed E-state index contributed by atoms with van der Waals surface area (Å²) in [6, 6.07) is 2.31. The number of aryl methyl sites for hydroxylation is 1. The molecule has 98 valence electrons. The monoisotopic (exact) mass is 311 g/mol. The van der Waals surface area contributed by atoms with Crippen molar-refractivity contribution in [2.24, 2.45) is 0 Å². The van der Waals surface area contributed by atoms with Gasteiger partial charge in [-0.2, -0.15) is 0 Å². The number of hydrogen-bond acceptors (Lipinski definition) is 3. The number of nitrogens with one attached hydrogen (secondary N) is 1. The van der Waals surface area contributed by atoms with Gasteiger partial charge in [0.05, 0.1) is 4.47 Å². The molecule has 18 heavy (non-hydrogen) atoms. The zero-order valence-electron chi connectivity index (χ0n) is 10.7. The number of piperidine rings is 1. The van der Waals surface area contributed by atoms with Gasteiger partial charge < -0.3 is 10.2 Å². The number of aromatic nitrogens is 1. The molecule has 0 radical (unpaired) electrons. The van der Waals surface area contributed by atoms with Gasteiger partial charge in [0.1, 0.15) is 5.82 Å². The molecule has 1 saturated heterocycles. The Kier molecular flexibility index (Phi) is 4.22. The lowest BCUT2D eigenvalue weighted by atomic mass is 10.0. The van der Waals surface area contributed by atoms with Crippen LogP contribution in [0.4, 0.5) is 5.82 Å². The van der Waals surface area contributed by atoms with Crippen LogP contribution in [-0.2, 0) is 4.79 Å². The fourth-order valence-electron chi connectivity index (χ4n) is 2.27. The maximum atomic E-state index is 11.0. The van der Waals surface area contributed by atoms with Gasteiger partial charge in [-0.05, 0) is 47.3 Å². The van der Waals surface area contributed by atoms with E-state index in [1.807, 2.05) is 12.3 Å². The predicted molar refractivity (Wildman–Crippen MR) is 75.7 cm³/mol. The van der Waals surface area contributed by atoms with Crippen LogP contribution in [0.5, 0.6) is 0 Å². The lowest BCUT2D eigenvalue weighted by Crippen LogP contribution is -2.44. The first-order valence-electron chi connectivity index (χ1n) is 6.21. The fraction of sp³-hybridized carbons (Fsp3) is 0.538. The number of pyridine rings is 1. The largest absolute Gasteiger partial charge is 0.356 e. The first kappa shape index (κ1) is 13.3. The van der Waals surface area contributed by atoms with Gasteiger partial charge in [0.15, 0.2) is 0 Å². The quantitative estimate of drug-likeness (QED) is 0.911. The molecule has 0 atom stereocenters. The minimum atomic E-state index is 0.0586. The first-order chi connectivity index (χ1) is 8.58. The summed E-state index contributed by atoms with van der Waals surface area (Å²) in [7, 11) is 0. The van der Waals surface area contributed by atoms with E-state index in [2.05, 4.69) is 38.1 Å². The molecule has 5 heteroatoms. The molecule has 2 heterocycles. The van der Waals surface area contributed by atoms with Crippen LogP contribution in [0.2, 0.25) is 0 Å². The minimum Gasteiger partial charge on any atom is -0.356 e. The number of amides is 1. The highest BCUT2D eigenvalue weighted by Crippen LogP contribution is 2.28. The van der Waals surface area contributed by atoms with Crippen molar-refractivity contribution in [2.75, 3.05) is 18.0 Å². The lowest BCUT2D eigenvalue weighted by molar-refractivity contribution is -0.119. The van der Waals surface area contributed by atoms with Crippen molar-refractivity contribution in [3.8, 4) is 0 Å². The number of anilines is 1. The van der Waals surface area contributed by atoms with Crippen LogP contribution in [0.3, 0.4) is 0 Å². The van der Waals surface area contributed by atoms with Crippen molar-refractivity contribution in [3.05, 3.63) is 22.3 Å². The average Bonchev–Trinajstić information content (AvgIpc) is 2.33. The molecule has 1 aliphatic rings. The zero-order chi connectivity index (χ0) is 13.1. The van der Waals surface area contributed by atoms with E-state index in [1.165, 1.54) is 5.56 Å². The topological polar surface area (TPSA) is 45.2 Å². The second kappa shape index (κ2) is 5.69. The summed E-state index contributed by atoms with van der Waals surface area (Å²) in [4.78, 5) is 17.7. The van der Waals surface area contributed by atoms with Crippen LogP contribution in [0.15, 0.2) is 16.7 Å². The number of halogens is 1. The lowest BCUT2D eigenvalue weighted by Gasteiger charge is -2.33. The van der Waals surface area contributed by atoms with Crippen LogP contribution >= 0.6 is 15.9 Å². The normalized spacial score (nSPS) is 16.7. The molecule has 0 spiro atoms. The van der Waals surface area contributed by atoms with Gasteiger partial charge in [0.25, 0.3) is 0 Å². The molecular weight excluding hydrogens is 294 g/mol. The summed E-state index contributed by atoms with van der Waals surface area (Å²) in [5.41, 5.74) is 1.20. The van der Waals surface area contributed by atoms with Crippen molar-refractivity contribution in [1.29, 1.82) is 0 Å². The van der Waals surface area contributed by atoms with E-state index in [9.17, 15) is 4.79 Å². The van der Waals surface area contributed by atoms with Crippen LogP contribution in [0.25, 0.3) is 0 Å². The van der Waals surface area contributed by atoms with E-state index < -0.39 is 0 Å². The first-order valence-corrected chi connectivity index (χ1v) is 7.00. The molecule has 0 saturated carbocycles. The summed E-state index contributed by atoms with van der Waals surface area (Å²) in [5, 5.41) is 2.98.